The van der Waals surface area contributed by atoms with Gasteiger partial charge in [-0.1, -0.05) is 31.0 Å². The summed E-state index contributed by atoms with van der Waals surface area (Å²) in [5, 5.41) is 9.89. The summed E-state index contributed by atoms with van der Waals surface area (Å²) in [4.78, 5) is 16.2. The summed E-state index contributed by atoms with van der Waals surface area (Å²) in [6.45, 7) is 2.14. The van der Waals surface area contributed by atoms with E-state index in [4.69, 9.17) is 5.11 Å². The van der Waals surface area contributed by atoms with E-state index in [1.165, 1.54) is 18.2 Å². The molecule has 2 N–H and O–H groups in total. The normalized spacial score (nSPS) is 29.3. The smallest absolute Gasteiger partial charge is 0.328 e. The minimum absolute atomic E-state index is 0.0952. The lowest BCUT2D eigenvalue weighted by atomic mass is 9.79. The molecule has 0 saturated heterocycles. The van der Waals surface area contributed by atoms with Crippen molar-refractivity contribution in [2.45, 2.75) is 63.0 Å². The SMILES string of the molecule is C[C@@H]1Cc2c([nH]c3ccccc23)[C@@H](C2C(F)=CC(/C=C/C(=O)O)=CC2F)N1CC1(F)CCCC1. The molecule has 4 nitrogen and oxygen atoms in total. The molecule has 2 unspecified atom stereocenters. The van der Waals surface area contributed by atoms with Crippen molar-refractivity contribution in [1.29, 1.82) is 0 Å². The molecule has 1 fully saturated rings. The van der Waals surface area contributed by atoms with E-state index in [0.717, 1.165) is 41.1 Å². The molecular weight excluding hydrogens is 441 g/mol. The molecular formula is C27H29F3N2O2. The lowest BCUT2D eigenvalue weighted by Gasteiger charge is -2.46. The number of fused-ring (bicyclic) bond motifs is 3. The number of carboxylic acid groups (broad SMARTS) is 1. The van der Waals surface area contributed by atoms with Gasteiger partial charge in [-0.25, -0.2) is 18.0 Å². The van der Waals surface area contributed by atoms with Crippen LogP contribution < -0.4 is 0 Å². The average Bonchev–Trinajstić information content (AvgIpc) is 3.37. The molecule has 4 atom stereocenters. The van der Waals surface area contributed by atoms with Crippen LogP contribution in [0.4, 0.5) is 13.2 Å². The number of carboxylic acids is 1. The van der Waals surface area contributed by atoms with Crippen molar-refractivity contribution in [3.05, 3.63) is 71.2 Å². The molecule has 2 aromatic rings. The third-order valence-corrected chi connectivity index (χ3v) is 7.61. The lowest BCUT2D eigenvalue weighted by Crippen LogP contribution is -2.51. The van der Waals surface area contributed by atoms with E-state index in [1.54, 1.807) is 0 Å². The molecule has 1 aromatic carbocycles. The van der Waals surface area contributed by atoms with Crippen LogP contribution in [-0.2, 0) is 11.2 Å². The van der Waals surface area contributed by atoms with Gasteiger partial charge in [-0.05, 0) is 61.6 Å². The second-order valence-corrected chi connectivity index (χ2v) is 9.93. The van der Waals surface area contributed by atoms with Crippen LogP contribution in [0.25, 0.3) is 10.9 Å². The number of para-hydroxylation sites is 1. The molecule has 1 aromatic heterocycles. The summed E-state index contributed by atoms with van der Waals surface area (Å²) >= 11 is 0. The molecule has 34 heavy (non-hydrogen) atoms. The minimum atomic E-state index is -1.69. The first kappa shape index (κ1) is 23.0. The van der Waals surface area contributed by atoms with Gasteiger partial charge < -0.3 is 10.1 Å². The number of nitrogens with zero attached hydrogens (tertiary/aromatic N) is 1. The molecule has 3 aliphatic rings. The number of hydrogen-bond donors (Lipinski definition) is 2. The number of H-pyrrole nitrogens is 1. The Morgan fingerprint density at radius 1 is 1.29 bits per heavy atom. The van der Waals surface area contributed by atoms with E-state index in [1.807, 2.05) is 36.1 Å². The highest BCUT2D eigenvalue weighted by atomic mass is 19.1. The number of benzene rings is 1. The summed E-state index contributed by atoms with van der Waals surface area (Å²) in [6, 6.07) is 7.02. The number of hydrogen-bond acceptors (Lipinski definition) is 2. The van der Waals surface area contributed by atoms with Crippen molar-refractivity contribution in [1.82, 2.24) is 9.88 Å². The third kappa shape index (κ3) is 4.11. The number of aromatic nitrogens is 1. The van der Waals surface area contributed by atoms with Crippen molar-refractivity contribution in [3.8, 4) is 0 Å². The quantitative estimate of drug-likeness (QED) is 0.517. The Labute approximate surface area is 196 Å². The highest BCUT2D eigenvalue weighted by molar-refractivity contribution is 5.85. The van der Waals surface area contributed by atoms with Gasteiger partial charge >= 0.3 is 5.97 Å². The largest absolute Gasteiger partial charge is 0.478 e. The Morgan fingerprint density at radius 2 is 2.03 bits per heavy atom. The molecule has 0 amide bonds. The summed E-state index contributed by atoms with van der Waals surface area (Å²) in [5.41, 5.74) is 1.49. The van der Waals surface area contributed by atoms with E-state index in [9.17, 15) is 4.79 Å². The Bertz CT molecular complexity index is 1190. The van der Waals surface area contributed by atoms with Crippen LogP contribution in [0, 0.1) is 5.92 Å². The number of nitrogens with one attached hydrogen (secondary N) is 1. The first-order valence-corrected chi connectivity index (χ1v) is 11.9. The second kappa shape index (κ2) is 8.77. The van der Waals surface area contributed by atoms with Crippen molar-refractivity contribution < 1.29 is 23.1 Å². The zero-order chi connectivity index (χ0) is 24.0. The maximum atomic E-state index is 15.7. The first-order chi connectivity index (χ1) is 16.3. The van der Waals surface area contributed by atoms with Crippen molar-refractivity contribution in [2.75, 3.05) is 6.54 Å². The molecule has 1 saturated carbocycles. The fraction of sp³-hybridized carbons (Fsp3) is 0.444. The van der Waals surface area contributed by atoms with Crippen LogP contribution in [-0.4, -0.2) is 45.4 Å². The van der Waals surface area contributed by atoms with Gasteiger partial charge in [-0.3, -0.25) is 4.90 Å². The molecule has 180 valence electrons. The van der Waals surface area contributed by atoms with Crippen LogP contribution >= 0.6 is 0 Å². The van der Waals surface area contributed by atoms with Gasteiger partial charge in [0.2, 0.25) is 0 Å². The summed E-state index contributed by atoms with van der Waals surface area (Å²) in [6.07, 6.45) is 6.07. The number of aliphatic carboxylic acids is 1. The molecule has 0 bridgehead atoms. The average molecular weight is 471 g/mol. The third-order valence-electron chi connectivity index (χ3n) is 7.61. The molecule has 0 spiro atoms. The van der Waals surface area contributed by atoms with Gasteiger partial charge in [0.05, 0.1) is 12.0 Å². The fourth-order valence-corrected chi connectivity index (χ4v) is 6.02. The van der Waals surface area contributed by atoms with E-state index in [0.29, 0.717) is 19.3 Å². The van der Waals surface area contributed by atoms with E-state index >= 15 is 13.2 Å². The number of alkyl halides is 2. The predicted octanol–water partition coefficient (Wildman–Crippen LogP) is 6.13. The molecule has 5 rings (SSSR count). The summed E-state index contributed by atoms with van der Waals surface area (Å²) < 4.78 is 46.9. The molecule has 7 heteroatoms. The zero-order valence-electron chi connectivity index (χ0n) is 19.1. The Balaban J connectivity index is 1.59. The number of rotatable bonds is 5. The number of aromatic amines is 1. The highest BCUT2D eigenvalue weighted by Crippen LogP contribution is 2.48. The van der Waals surface area contributed by atoms with Crippen LogP contribution in [0.15, 0.2) is 60.0 Å². The lowest BCUT2D eigenvalue weighted by molar-refractivity contribution is -0.131. The van der Waals surface area contributed by atoms with Crippen molar-refractivity contribution in [3.63, 3.8) is 0 Å². The molecule has 2 aliphatic carbocycles. The van der Waals surface area contributed by atoms with E-state index in [2.05, 4.69) is 4.98 Å². The van der Waals surface area contributed by atoms with Gasteiger partial charge in [-0.2, -0.15) is 0 Å². The monoisotopic (exact) mass is 470 g/mol. The van der Waals surface area contributed by atoms with Crippen LogP contribution in [0.5, 0.6) is 0 Å². The standard InChI is InChI=1S/C27H29F3N2O2/c1-16-12-19-18-6-2-3-7-22(18)31-25(19)26(32(16)15-27(30)10-4-5-11-27)24-20(28)13-17(14-21(24)29)8-9-23(33)34/h2-3,6-9,13-14,16,20,24,26,31H,4-5,10-12,15H2,1H3,(H,33,34)/b9-8+/t16-,20?,24?,26-/m1/s1. The van der Waals surface area contributed by atoms with Crippen molar-refractivity contribution in [2.24, 2.45) is 5.92 Å². The van der Waals surface area contributed by atoms with Gasteiger partial charge in [-0.15, -0.1) is 0 Å². The molecule has 2 heterocycles. The molecule has 0 radical (unpaired) electrons. The highest BCUT2D eigenvalue weighted by Gasteiger charge is 2.48. The maximum Gasteiger partial charge on any atom is 0.328 e. The second-order valence-electron chi connectivity index (χ2n) is 9.93. The number of carbonyl (C=O) groups is 1. The van der Waals surface area contributed by atoms with E-state index in [-0.39, 0.29) is 18.2 Å². The van der Waals surface area contributed by atoms with Crippen molar-refractivity contribution >= 4 is 16.9 Å². The zero-order valence-corrected chi connectivity index (χ0v) is 19.1. The Morgan fingerprint density at radius 3 is 2.74 bits per heavy atom. The Kier molecular flexibility index (Phi) is 5.92. The van der Waals surface area contributed by atoms with Gasteiger partial charge in [0.25, 0.3) is 0 Å². The van der Waals surface area contributed by atoms with Gasteiger partial charge in [0, 0.05) is 35.3 Å². The molecule has 1 aliphatic heterocycles. The van der Waals surface area contributed by atoms with Gasteiger partial charge in [0.15, 0.2) is 0 Å². The minimum Gasteiger partial charge on any atom is -0.478 e. The predicted molar refractivity (Wildman–Crippen MR) is 126 cm³/mol. The topological polar surface area (TPSA) is 56.3 Å². The number of allylic oxidation sites excluding steroid dienone is 4. The maximum absolute atomic E-state index is 15.7. The summed E-state index contributed by atoms with van der Waals surface area (Å²) in [5.74, 6) is -3.00. The Hall–Kier alpha value is -2.80. The van der Waals surface area contributed by atoms with Crippen LogP contribution in [0.2, 0.25) is 0 Å². The van der Waals surface area contributed by atoms with Crippen LogP contribution in [0.1, 0.15) is 49.9 Å². The number of halogens is 3. The van der Waals surface area contributed by atoms with Crippen LogP contribution in [0.3, 0.4) is 0 Å². The van der Waals surface area contributed by atoms with E-state index < -0.39 is 35.6 Å². The summed E-state index contributed by atoms with van der Waals surface area (Å²) in [7, 11) is 0. The fourth-order valence-electron chi connectivity index (χ4n) is 6.02. The first-order valence-electron chi connectivity index (χ1n) is 11.9. The van der Waals surface area contributed by atoms with Gasteiger partial charge in [0.1, 0.15) is 17.7 Å².